The second kappa shape index (κ2) is 8.13. The number of ether oxygens (including phenoxy) is 1. The third kappa shape index (κ3) is 4.00. The minimum absolute atomic E-state index is 0.00444. The van der Waals surface area contributed by atoms with E-state index in [1.165, 1.54) is 29.6 Å². The molecule has 166 valence electrons. The van der Waals surface area contributed by atoms with Crippen molar-refractivity contribution in [1.29, 1.82) is 0 Å². The molecule has 2 aromatic rings. The van der Waals surface area contributed by atoms with Crippen LogP contribution >= 0.6 is 0 Å². The van der Waals surface area contributed by atoms with Gasteiger partial charge in [-0.1, -0.05) is 18.2 Å². The molecule has 9 nitrogen and oxygen atoms in total. The summed E-state index contributed by atoms with van der Waals surface area (Å²) >= 11 is 0. The number of amides is 1. The average molecular weight is 466 g/mol. The van der Waals surface area contributed by atoms with Gasteiger partial charge in [-0.25, -0.2) is 21.1 Å². The molecule has 11 heteroatoms. The first-order chi connectivity index (χ1) is 14.7. The second-order valence-corrected chi connectivity index (χ2v) is 11.1. The first-order valence-electron chi connectivity index (χ1n) is 9.78. The van der Waals surface area contributed by atoms with Crippen molar-refractivity contribution in [1.82, 2.24) is 4.31 Å². The summed E-state index contributed by atoms with van der Waals surface area (Å²) in [6.07, 6.45) is -0.127. The molecular weight excluding hydrogens is 442 g/mol. The maximum absolute atomic E-state index is 13.4. The Balaban J connectivity index is 1.63. The highest BCUT2D eigenvalue weighted by atomic mass is 32.2. The van der Waals surface area contributed by atoms with E-state index in [1.54, 1.807) is 0 Å². The second-order valence-electron chi connectivity index (χ2n) is 7.29. The van der Waals surface area contributed by atoms with Gasteiger partial charge in [-0.15, -0.1) is 0 Å². The molecule has 0 radical (unpaired) electrons. The fourth-order valence-electron chi connectivity index (χ4n) is 3.83. The van der Waals surface area contributed by atoms with Gasteiger partial charge in [0.25, 0.3) is 0 Å². The lowest BCUT2D eigenvalue weighted by molar-refractivity contribution is -0.116. The van der Waals surface area contributed by atoms with E-state index in [4.69, 9.17) is 4.74 Å². The van der Waals surface area contributed by atoms with Gasteiger partial charge in [0.05, 0.1) is 18.6 Å². The molecule has 0 aromatic heterocycles. The topological polar surface area (TPSA) is 104 Å². The summed E-state index contributed by atoms with van der Waals surface area (Å²) in [5, 5.41) is 0. The van der Waals surface area contributed by atoms with E-state index >= 15 is 0 Å². The van der Waals surface area contributed by atoms with Crippen molar-refractivity contribution in [3.8, 4) is 5.75 Å². The molecule has 2 heterocycles. The van der Waals surface area contributed by atoms with Gasteiger partial charge in [0.15, 0.2) is 0 Å². The predicted octanol–water partition coefficient (Wildman–Crippen LogP) is 1.27. The van der Waals surface area contributed by atoms with Crippen LogP contribution in [0.15, 0.2) is 53.4 Å². The molecule has 0 atom stereocenters. The molecule has 0 aliphatic carbocycles. The van der Waals surface area contributed by atoms with Crippen LogP contribution in [0.3, 0.4) is 0 Å². The van der Waals surface area contributed by atoms with Gasteiger partial charge in [-0.05, 0) is 30.3 Å². The number of benzene rings is 2. The van der Waals surface area contributed by atoms with Crippen LogP contribution < -0.4 is 13.9 Å². The molecular formula is C20H23N3O6S2. The van der Waals surface area contributed by atoms with Crippen LogP contribution in [0.1, 0.15) is 6.42 Å². The first-order valence-corrected chi connectivity index (χ1v) is 12.8. The van der Waals surface area contributed by atoms with Gasteiger partial charge < -0.3 is 9.64 Å². The number of carbonyl (C=O) groups is 1. The lowest BCUT2D eigenvalue weighted by Gasteiger charge is -2.35. The van der Waals surface area contributed by atoms with Gasteiger partial charge in [-0.2, -0.15) is 4.31 Å². The summed E-state index contributed by atoms with van der Waals surface area (Å²) in [7, 11) is -6.43. The molecule has 0 bridgehead atoms. The molecule has 0 unspecified atom stereocenters. The molecule has 1 amide bonds. The van der Waals surface area contributed by atoms with Crippen LogP contribution in [0.4, 0.5) is 11.4 Å². The summed E-state index contributed by atoms with van der Waals surface area (Å²) in [6, 6.07) is 13.7. The third-order valence-electron chi connectivity index (χ3n) is 5.44. The van der Waals surface area contributed by atoms with Crippen molar-refractivity contribution in [3.63, 3.8) is 0 Å². The zero-order valence-electron chi connectivity index (χ0n) is 17.0. The van der Waals surface area contributed by atoms with Crippen LogP contribution in [0, 0.1) is 0 Å². The van der Waals surface area contributed by atoms with E-state index in [9.17, 15) is 21.6 Å². The number of hydrogen-bond acceptors (Lipinski definition) is 7. The Bertz CT molecular complexity index is 1190. The smallest absolute Gasteiger partial charge is 0.246 e. The minimum atomic E-state index is -3.97. The Morgan fingerprint density at radius 1 is 0.935 bits per heavy atom. The van der Waals surface area contributed by atoms with Gasteiger partial charge in [0.2, 0.25) is 26.0 Å². The number of methoxy groups -OCH3 is 1. The van der Waals surface area contributed by atoms with E-state index < -0.39 is 26.0 Å². The van der Waals surface area contributed by atoms with Crippen molar-refractivity contribution < 1.29 is 26.4 Å². The van der Waals surface area contributed by atoms with Gasteiger partial charge in [-0.3, -0.25) is 4.79 Å². The van der Waals surface area contributed by atoms with Crippen molar-refractivity contribution in [3.05, 3.63) is 48.5 Å². The highest BCUT2D eigenvalue weighted by Gasteiger charge is 2.38. The van der Waals surface area contributed by atoms with E-state index in [0.717, 1.165) is 5.69 Å². The van der Waals surface area contributed by atoms with Crippen LogP contribution in [0.2, 0.25) is 0 Å². The van der Waals surface area contributed by atoms with E-state index in [-0.39, 0.29) is 41.6 Å². The maximum atomic E-state index is 13.4. The summed E-state index contributed by atoms with van der Waals surface area (Å²) in [6.45, 7) is 1.57. The predicted molar refractivity (Wildman–Crippen MR) is 116 cm³/mol. The van der Waals surface area contributed by atoms with Crippen molar-refractivity contribution in [2.45, 2.75) is 11.3 Å². The van der Waals surface area contributed by atoms with Crippen LogP contribution in [-0.2, 0) is 24.8 Å². The van der Waals surface area contributed by atoms with Crippen molar-refractivity contribution >= 4 is 37.3 Å². The molecule has 2 aliphatic rings. The number of rotatable bonds is 5. The van der Waals surface area contributed by atoms with E-state index in [1.807, 2.05) is 30.3 Å². The Morgan fingerprint density at radius 2 is 1.61 bits per heavy atom. The molecule has 0 N–H and O–H groups in total. The van der Waals surface area contributed by atoms with E-state index in [0.29, 0.717) is 17.4 Å². The summed E-state index contributed by atoms with van der Waals surface area (Å²) < 4.78 is 58.6. The zero-order valence-corrected chi connectivity index (χ0v) is 18.6. The van der Waals surface area contributed by atoms with Crippen LogP contribution in [-0.4, -0.2) is 66.1 Å². The number of piperazine rings is 1. The number of anilines is 2. The first kappa shape index (κ1) is 21.6. The number of hydrogen-bond donors (Lipinski definition) is 0. The SMILES string of the molecule is COc1ccc(N2C(=O)CCS2(=O)=O)cc1S(=O)(=O)N1CCN(c2ccccc2)CC1. The molecule has 4 rings (SSSR count). The number of nitrogens with zero attached hydrogens (tertiary/aromatic N) is 3. The highest BCUT2D eigenvalue weighted by molar-refractivity contribution is 7.94. The maximum Gasteiger partial charge on any atom is 0.246 e. The Labute approximate surface area is 181 Å². The lowest BCUT2D eigenvalue weighted by atomic mass is 10.2. The average Bonchev–Trinajstić information content (AvgIpc) is 3.06. The zero-order chi connectivity index (χ0) is 22.2. The fourth-order valence-corrected chi connectivity index (χ4v) is 6.88. The van der Waals surface area contributed by atoms with Crippen molar-refractivity contribution in [2.24, 2.45) is 0 Å². The summed E-state index contributed by atoms with van der Waals surface area (Å²) in [4.78, 5) is 14.1. The molecule has 31 heavy (non-hydrogen) atoms. The highest BCUT2D eigenvalue weighted by Crippen LogP contribution is 2.34. The number of carbonyl (C=O) groups excluding carboxylic acids is 1. The Hall–Kier alpha value is -2.63. The van der Waals surface area contributed by atoms with Gasteiger partial charge in [0, 0.05) is 38.3 Å². The number of sulfonamides is 2. The third-order valence-corrected chi connectivity index (χ3v) is 9.05. The van der Waals surface area contributed by atoms with Gasteiger partial charge in [0.1, 0.15) is 10.6 Å². The van der Waals surface area contributed by atoms with Crippen LogP contribution in [0.5, 0.6) is 5.75 Å². The molecule has 0 spiro atoms. The molecule has 0 saturated carbocycles. The van der Waals surface area contributed by atoms with Crippen LogP contribution in [0.25, 0.3) is 0 Å². The van der Waals surface area contributed by atoms with Crippen molar-refractivity contribution in [2.75, 3.05) is 48.2 Å². The molecule has 2 saturated heterocycles. The number of para-hydroxylation sites is 1. The largest absolute Gasteiger partial charge is 0.495 e. The molecule has 2 aromatic carbocycles. The quantitative estimate of drug-likeness (QED) is 0.655. The van der Waals surface area contributed by atoms with E-state index in [2.05, 4.69) is 4.90 Å². The van der Waals surface area contributed by atoms with Gasteiger partial charge >= 0.3 is 0 Å². The fraction of sp³-hybridized carbons (Fsp3) is 0.350. The standard InChI is InChI=1S/C20H23N3O6S2/c1-29-18-8-7-17(23-20(24)9-14-30(23,25)26)15-19(18)31(27,28)22-12-10-21(11-13-22)16-5-3-2-4-6-16/h2-8,15H,9-14H2,1H3. The minimum Gasteiger partial charge on any atom is -0.495 e. The Morgan fingerprint density at radius 3 is 2.19 bits per heavy atom. The Kier molecular flexibility index (Phi) is 5.67. The lowest BCUT2D eigenvalue weighted by Crippen LogP contribution is -2.48. The normalized spacial score (nSPS) is 19.6. The molecule has 2 aliphatic heterocycles. The monoisotopic (exact) mass is 465 g/mol. The molecule has 2 fully saturated rings. The summed E-state index contributed by atoms with van der Waals surface area (Å²) in [5.74, 6) is -0.773. The summed E-state index contributed by atoms with van der Waals surface area (Å²) in [5.41, 5.74) is 1.03.